The van der Waals surface area contributed by atoms with E-state index in [1.54, 1.807) is 18.2 Å². The molecule has 0 atom stereocenters. The SMILES string of the molecule is CS(=O)(=O)c1ccccc1CCNc1c(F)cncc1F. The van der Waals surface area contributed by atoms with Crippen molar-refractivity contribution in [3.8, 4) is 0 Å². The lowest BCUT2D eigenvalue weighted by Crippen LogP contribution is -2.11. The van der Waals surface area contributed by atoms with E-state index < -0.39 is 21.5 Å². The average Bonchev–Trinajstić information content (AvgIpc) is 2.41. The summed E-state index contributed by atoms with van der Waals surface area (Å²) in [6.45, 7) is 0.199. The van der Waals surface area contributed by atoms with Gasteiger partial charge in [0, 0.05) is 12.8 Å². The van der Waals surface area contributed by atoms with E-state index in [2.05, 4.69) is 10.3 Å². The predicted molar refractivity (Wildman–Crippen MR) is 75.9 cm³/mol. The Hall–Kier alpha value is -2.02. The Kier molecular flexibility index (Phi) is 4.52. The molecule has 0 amide bonds. The molecule has 4 nitrogen and oxygen atoms in total. The van der Waals surface area contributed by atoms with Crippen LogP contribution in [0.2, 0.25) is 0 Å². The zero-order valence-corrected chi connectivity index (χ0v) is 12.1. The lowest BCUT2D eigenvalue weighted by molar-refractivity contribution is 0.577. The van der Waals surface area contributed by atoms with Crippen molar-refractivity contribution in [1.82, 2.24) is 4.98 Å². The molecule has 1 aromatic heterocycles. The van der Waals surface area contributed by atoms with Gasteiger partial charge in [0.25, 0.3) is 0 Å². The highest BCUT2D eigenvalue weighted by Crippen LogP contribution is 2.18. The van der Waals surface area contributed by atoms with Crippen molar-refractivity contribution in [2.24, 2.45) is 0 Å². The fraction of sp³-hybridized carbons (Fsp3) is 0.214. The highest BCUT2D eigenvalue weighted by molar-refractivity contribution is 7.90. The van der Waals surface area contributed by atoms with E-state index in [0.29, 0.717) is 12.0 Å². The van der Waals surface area contributed by atoms with Crippen LogP contribution in [-0.4, -0.2) is 26.2 Å². The van der Waals surface area contributed by atoms with E-state index in [4.69, 9.17) is 0 Å². The summed E-state index contributed by atoms with van der Waals surface area (Å²) in [7, 11) is -3.33. The molecule has 0 aliphatic rings. The van der Waals surface area contributed by atoms with Gasteiger partial charge in [0.1, 0.15) is 5.69 Å². The van der Waals surface area contributed by atoms with E-state index in [1.807, 2.05) is 0 Å². The molecule has 0 bridgehead atoms. The Labute approximate surface area is 121 Å². The summed E-state index contributed by atoms with van der Waals surface area (Å²) in [5.74, 6) is -1.57. The van der Waals surface area contributed by atoms with Gasteiger partial charge in [-0.2, -0.15) is 0 Å². The molecule has 0 fully saturated rings. The minimum absolute atomic E-state index is 0.199. The van der Waals surface area contributed by atoms with Gasteiger partial charge in [-0.05, 0) is 18.1 Å². The first-order valence-electron chi connectivity index (χ1n) is 6.20. The van der Waals surface area contributed by atoms with Crippen LogP contribution in [0.3, 0.4) is 0 Å². The van der Waals surface area contributed by atoms with Gasteiger partial charge in [-0.15, -0.1) is 0 Å². The first-order chi connectivity index (χ1) is 9.89. The van der Waals surface area contributed by atoms with Gasteiger partial charge in [-0.3, -0.25) is 4.98 Å². The third kappa shape index (κ3) is 3.75. The number of benzene rings is 1. The summed E-state index contributed by atoms with van der Waals surface area (Å²) in [5, 5.41) is 2.62. The van der Waals surface area contributed by atoms with Gasteiger partial charge < -0.3 is 5.32 Å². The van der Waals surface area contributed by atoms with Crippen LogP contribution in [0.4, 0.5) is 14.5 Å². The number of anilines is 1. The molecule has 0 spiro atoms. The summed E-state index contributed by atoms with van der Waals surface area (Å²) in [4.78, 5) is 3.61. The van der Waals surface area contributed by atoms with Crippen molar-refractivity contribution in [3.63, 3.8) is 0 Å². The van der Waals surface area contributed by atoms with Gasteiger partial charge in [0.15, 0.2) is 21.5 Å². The number of rotatable bonds is 5. The summed E-state index contributed by atoms with van der Waals surface area (Å²) < 4.78 is 50.1. The Morgan fingerprint density at radius 3 is 2.38 bits per heavy atom. The van der Waals surface area contributed by atoms with E-state index in [1.165, 1.54) is 6.07 Å². The minimum Gasteiger partial charge on any atom is -0.380 e. The highest BCUT2D eigenvalue weighted by atomic mass is 32.2. The number of aromatic nitrogens is 1. The fourth-order valence-electron chi connectivity index (χ4n) is 1.97. The van der Waals surface area contributed by atoms with E-state index in [-0.39, 0.29) is 17.1 Å². The van der Waals surface area contributed by atoms with Gasteiger partial charge in [-0.25, -0.2) is 17.2 Å². The molecule has 1 heterocycles. The summed E-state index contributed by atoms with van der Waals surface area (Å²) >= 11 is 0. The number of nitrogens with zero attached hydrogens (tertiary/aromatic N) is 1. The second-order valence-electron chi connectivity index (χ2n) is 4.53. The number of nitrogens with one attached hydrogen (secondary N) is 1. The van der Waals surface area contributed by atoms with Crippen molar-refractivity contribution >= 4 is 15.5 Å². The third-order valence-electron chi connectivity index (χ3n) is 2.92. The standard InChI is InChI=1S/C14H14F2N2O2S/c1-21(19,20)13-5-3-2-4-10(13)6-7-18-14-11(15)8-17-9-12(14)16/h2-5,8-9H,6-7H2,1H3,(H,17,18). The lowest BCUT2D eigenvalue weighted by Gasteiger charge is -2.10. The first kappa shape index (κ1) is 15.4. The quantitative estimate of drug-likeness (QED) is 0.921. The smallest absolute Gasteiger partial charge is 0.175 e. The van der Waals surface area contributed by atoms with Crippen LogP contribution in [-0.2, 0) is 16.3 Å². The van der Waals surface area contributed by atoms with Gasteiger partial charge in [-0.1, -0.05) is 18.2 Å². The van der Waals surface area contributed by atoms with Crippen molar-refractivity contribution in [3.05, 3.63) is 53.9 Å². The number of sulfone groups is 1. The molecule has 2 aromatic rings. The molecule has 1 aromatic carbocycles. The van der Waals surface area contributed by atoms with E-state index >= 15 is 0 Å². The van der Waals surface area contributed by atoms with Crippen LogP contribution in [0.15, 0.2) is 41.6 Å². The number of hydrogen-bond donors (Lipinski definition) is 1. The van der Waals surface area contributed by atoms with Crippen LogP contribution in [0, 0.1) is 11.6 Å². The van der Waals surface area contributed by atoms with E-state index in [0.717, 1.165) is 18.6 Å². The highest BCUT2D eigenvalue weighted by Gasteiger charge is 2.13. The maximum Gasteiger partial charge on any atom is 0.175 e. The monoisotopic (exact) mass is 312 g/mol. The topological polar surface area (TPSA) is 59.1 Å². The van der Waals surface area contributed by atoms with Crippen LogP contribution >= 0.6 is 0 Å². The molecular weight excluding hydrogens is 298 g/mol. The third-order valence-corrected chi connectivity index (χ3v) is 4.12. The predicted octanol–water partition coefficient (Wildman–Crippen LogP) is 2.42. The normalized spacial score (nSPS) is 11.4. The molecule has 1 N–H and O–H groups in total. The zero-order chi connectivity index (χ0) is 15.5. The van der Waals surface area contributed by atoms with Crippen LogP contribution < -0.4 is 5.32 Å². The summed E-state index contributed by atoms with van der Waals surface area (Å²) in [6.07, 6.45) is 3.28. The van der Waals surface area contributed by atoms with Crippen molar-refractivity contribution < 1.29 is 17.2 Å². The van der Waals surface area contributed by atoms with Crippen molar-refractivity contribution in [1.29, 1.82) is 0 Å². The van der Waals surface area contributed by atoms with Crippen molar-refractivity contribution in [2.45, 2.75) is 11.3 Å². The molecule has 0 aliphatic heterocycles. The number of pyridine rings is 1. The minimum atomic E-state index is -3.33. The first-order valence-corrected chi connectivity index (χ1v) is 8.09. The molecule has 21 heavy (non-hydrogen) atoms. The molecule has 0 saturated heterocycles. The molecule has 2 rings (SSSR count). The largest absolute Gasteiger partial charge is 0.380 e. The summed E-state index contributed by atoms with van der Waals surface area (Å²) in [5.41, 5.74) is 0.337. The van der Waals surface area contributed by atoms with Gasteiger partial charge in [0.05, 0.1) is 17.3 Å². The fourth-order valence-corrected chi connectivity index (χ4v) is 2.95. The Balaban J connectivity index is 2.12. The molecule has 0 saturated carbocycles. The second-order valence-corrected chi connectivity index (χ2v) is 6.52. The zero-order valence-electron chi connectivity index (χ0n) is 11.3. The maximum absolute atomic E-state index is 13.4. The van der Waals surface area contributed by atoms with Crippen LogP contribution in [0.5, 0.6) is 0 Å². The number of hydrogen-bond acceptors (Lipinski definition) is 4. The number of halogens is 2. The molecule has 0 aliphatic carbocycles. The molecular formula is C14H14F2N2O2S. The van der Waals surface area contributed by atoms with Gasteiger partial charge >= 0.3 is 0 Å². The Morgan fingerprint density at radius 1 is 1.14 bits per heavy atom. The van der Waals surface area contributed by atoms with Crippen molar-refractivity contribution in [2.75, 3.05) is 18.1 Å². The van der Waals surface area contributed by atoms with Crippen LogP contribution in [0.1, 0.15) is 5.56 Å². The van der Waals surface area contributed by atoms with Crippen LogP contribution in [0.25, 0.3) is 0 Å². The maximum atomic E-state index is 13.4. The second kappa shape index (κ2) is 6.17. The van der Waals surface area contributed by atoms with E-state index in [9.17, 15) is 17.2 Å². The molecule has 0 unspecified atom stereocenters. The Morgan fingerprint density at radius 2 is 1.76 bits per heavy atom. The molecule has 112 valence electrons. The van der Waals surface area contributed by atoms with Gasteiger partial charge in [0.2, 0.25) is 0 Å². The molecule has 0 radical (unpaired) electrons. The molecule has 7 heteroatoms. The summed E-state index contributed by atoms with van der Waals surface area (Å²) in [6, 6.07) is 6.54. The lowest BCUT2D eigenvalue weighted by atomic mass is 10.1. The average molecular weight is 312 g/mol. The Bertz CT molecular complexity index is 728.